The summed E-state index contributed by atoms with van der Waals surface area (Å²) in [7, 11) is 0. The number of ketones is 1. The summed E-state index contributed by atoms with van der Waals surface area (Å²) in [4.78, 5) is 34.7. The van der Waals surface area contributed by atoms with Crippen LogP contribution in [-0.2, 0) is 22.5 Å². The maximum absolute atomic E-state index is 12.0. The third-order valence-corrected chi connectivity index (χ3v) is 3.10. The Bertz CT molecular complexity index is 601. The molecule has 6 heteroatoms. The Morgan fingerprint density at radius 2 is 2.12 bits per heavy atom. The van der Waals surface area contributed by atoms with E-state index in [-0.39, 0.29) is 24.2 Å². The van der Waals surface area contributed by atoms with Crippen molar-refractivity contribution >= 4 is 11.8 Å². The number of Topliss-reactive ketones (excluding diaryl/α,β-unsaturated/α-hetero) is 1. The van der Waals surface area contributed by atoms with Crippen molar-refractivity contribution in [2.45, 2.75) is 25.7 Å². The smallest absolute Gasteiger partial charge is 0.312 e. The zero-order valence-electron chi connectivity index (χ0n) is 8.80. The molecular weight excluding hydrogens is 226 g/mol. The molecular formula is C11H9NO5. The first kappa shape index (κ1) is 10.2. The number of fused-ring (bicyclic) bond motifs is 2. The van der Waals surface area contributed by atoms with Crippen molar-refractivity contribution in [1.82, 2.24) is 4.57 Å². The molecule has 17 heavy (non-hydrogen) atoms. The van der Waals surface area contributed by atoms with E-state index in [4.69, 9.17) is 0 Å². The van der Waals surface area contributed by atoms with Gasteiger partial charge in [-0.3, -0.25) is 14.4 Å². The third kappa shape index (κ3) is 1.34. The number of aliphatic hydroxyl groups excluding tert-OH is 1. The van der Waals surface area contributed by atoms with Gasteiger partial charge in [0.25, 0.3) is 5.56 Å². The summed E-state index contributed by atoms with van der Waals surface area (Å²) >= 11 is 0. The van der Waals surface area contributed by atoms with Gasteiger partial charge in [0.2, 0.25) is 6.29 Å². The highest BCUT2D eigenvalue weighted by atomic mass is 16.6. The van der Waals surface area contributed by atoms with Crippen LogP contribution in [0.15, 0.2) is 10.9 Å². The number of hydrogen-bond acceptors (Lipinski definition) is 5. The van der Waals surface area contributed by atoms with Crippen LogP contribution in [0.5, 0.6) is 0 Å². The van der Waals surface area contributed by atoms with Crippen molar-refractivity contribution in [3.05, 3.63) is 33.2 Å². The molecule has 0 bridgehead atoms. The number of esters is 1. The first-order valence-corrected chi connectivity index (χ1v) is 5.25. The minimum Gasteiger partial charge on any atom is -0.431 e. The molecule has 0 saturated heterocycles. The van der Waals surface area contributed by atoms with Gasteiger partial charge in [0, 0.05) is 13.0 Å². The van der Waals surface area contributed by atoms with Crippen LogP contribution in [0.4, 0.5) is 0 Å². The molecule has 88 valence electrons. The average Bonchev–Trinajstić information content (AvgIpc) is 2.60. The number of aliphatic hydroxyl groups is 1. The first-order chi connectivity index (χ1) is 8.08. The second kappa shape index (κ2) is 3.27. The van der Waals surface area contributed by atoms with Gasteiger partial charge >= 0.3 is 5.97 Å². The molecule has 0 radical (unpaired) electrons. The number of cyclic esters (lactones) is 1. The van der Waals surface area contributed by atoms with Gasteiger partial charge in [-0.05, 0) is 11.6 Å². The van der Waals surface area contributed by atoms with Crippen molar-refractivity contribution in [3.8, 4) is 0 Å². The van der Waals surface area contributed by atoms with E-state index in [0.717, 1.165) is 0 Å². The van der Waals surface area contributed by atoms with E-state index in [2.05, 4.69) is 4.74 Å². The molecule has 3 rings (SSSR count). The zero-order chi connectivity index (χ0) is 12.2. The molecule has 2 aliphatic heterocycles. The molecule has 2 aliphatic rings. The summed E-state index contributed by atoms with van der Waals surface area (Å²) in [6.45, 7) is 0.320. The van der Waals surface area contributed by atoms with Gasteiger partial charge in [0.05, 0.1) is 17.7 Å². The SMILES string of the molecule is O=C1Cc2cc3n(c(=O)c2C(O)O1)CCC3=O. The highest BCUT2D eigenvalue weighted by Gasteiger charge is 2.32. The molecule has 1 aromatic heterocycles. The van der Waals surface area contributed by atoms with Crippen molar-refractivity contribution < 1.29 is 19.4 Å². The van der Waals surface area contributed by atoms with Gasteiger partial charge in [-0.15, -0.1) is 0 Å². The molecule has 0 amide bonds. The molecule has 3 heterocycles. The van der Waals surface area contributed by atoms with Crippen molar-refractivity contribution in [1.29, 1.82) is 0 Å². The Balaban J connectivity index is 2.29. The highest BCUT2D eigenvalue weighted by Crippen LogP contribution is 2.25. The van der Waals surface area contributed by atoms with Gasteiger partial charge in [0.15, 0.2) is 5.78 Å². The minimum atomic E-state index is -1.52. The third-order valence-electron chi connectivity index (χ3n) is 3.10. The minimum absolute atomic E-state index is 0.0723. The van der Waals surface area contributed by atoms with Gasteiger partial charge in [-0.2, -0.15) is 0 Å². The van der Waals surface area contributed by atoms with Gasteiger partial charge in [-0.1, -0.05) is 0 Å². The molecule has 0 fully saturated rings. The molecule has 1 aromatic rings. The predicted octanol–water partition coefficient (Wildman–Crippen LogP) is -0.475. The first-order valence-electron chi connectivity index (χ1n) is 5.25. The second-order valence-corrected chi connectivity index (χ2v) is 4.12. The Kier molecular flexibility index (Phi) is 1.97. The van der Waals surface area contributed by atoms with E-state index in [9.17, 15) is 19.5 Å². The lowest BCUT2D eigenvalue weighted by atomic mass is 10.0. The van der Waals surface area contributed by atoms with E-state index in [0.29, 0.717) is 17.8 Å². The fourth-order valence-corrected chi connectivity index (χ4v) is 2.30. The maximum Gasteiger partial charge on any atom is 0.312 e. The average molecular weight is 235 g/mol. The van der Waals surface area contributed by atoms with E-state index in [1.165, 1.54) is 10.6 Å². The number of ether oxygens (including phenoxy) is 1. The van der Waals surface area contributed by atoms with Crippen LogP contribution in [-0.4, -0.2) is 21.4 Å². The van der Waals surface area contributed by atoms with Crippen LogP contribution in [0, 0.1) is 0 Å². The predicted molar refractivity (Wildman–Crippen MR) is 54.4 cm³/mol. The molecule has 1 unspecified atom stereocenters. The lowest BCUT2D eigenvalue weighted by Crippen LogP contribution is -2.33. The molecule has 0 saturated carbocycles. The number of nitrogens with zero attached hydrogens (tertiary/aromatic N) is 1. The van der Waals surface area contributed by atoms with Crippen molar-refractivity contribution in [2.24, 2.45) is 0 Å². The fourth-order valence-electron chi connectivity index (χ4n) is 2.30. The van der Waals surface area contributed by atoms with E-state index < -0.39 is 17.8 Å². The highest BCUT2D eigenvalue weighted by molar-refractivity contribution is 5.96. The van der Waals surface area contributed by atoms with Gasteiger partial charge in [-0.25, -0.2) is 0 Å². The second-order valence-electron chi connectivity index (χ2n) is 4.12. The van der Waals surface area contributed by atoms with Crippen LogP contribution in [0.2, 0.25) is 0 Å². The topological polar surface area (TPSA) is 85.6 Å². The van der Waals surface area contributed by atoms with Gasteiger partial charge in [0.1, 0.15) is 0 Å². The Morgan fingerprint density at radius 3 is 2.88 bits per heavy atom. The molecule has 0 aliphatic carbocycles. The monoisotopic (exact) mass is 235 g/mol. The Labute approximate surface area is 95.4 Å². The number of pyridine rings is 1. The number of hydrogen-bond donors (Lipinski definition) is 1. The summed E-state index contributed by atoms with van der Waals surface area (Å²) in [6.07, 6.45) is -1.32. The van der Waals surface area contributed by atoms with Crippen LogP contribution >= 0.6 is 0 Å². The van der Waals surface area contributed by atoms with Gasteiger partial charge < -0.3 is 14.4 Å². The maximum atomic E-state index is 12.0. The van der Waals surface area contributed by atoms with E-state index in [1.54, 1.807) is 0 Å². The number of rotatable bonds is 0. The quantitative estimate of drug-likeness (QED) is 0.614. The van der Waals surface area contributed by atoms with Crippen molar-refractivity contribution in [2.75, 3.05) is 0 Å². The molecule has 0 spiro atoms. The molecule has 1 N–H and O–H groups in total. The van der Waals surface area contributed by atoms with E-state index in [1.807, 2.05) is 0 Å². The van der Waals surface area contributed by atoms with Crippen LogP contribution < -0.4 is 5.56 Å². The summed E-state index contributed by atoms with van der Waals surface area (Å²) in [5, 5.41) is 9.57. The largest absolute Gasteiger partial charge is 0.431 e. The number of carbonyl (C=O) groups excluding carboxylic acids is 2. The van der Waals surface area contributed by atoms with Crippen LogP contribution in [0.25, 0.3) is 0 Å². The van der Waals surface area contributed by atoms with Crippen LogP contribution in [0.3, 0.4) is 0 Å². The fraction of sp³-hybridized carbons (Fsp3) is 0.364. The van der Waals surface area contributed by atoms with Crippen LogP contribution in [0.1, 0.15) is 34.3 Å². The molecule has 1 atom stereocenters. The standard InChI is InChI=1S/C11H9NO5/c13-7-1-2-12-6(7)3-5-4-8(14)17-11(16)9(5)10(12)15/h3,11,16H,1-2,4H2. The lowest BCUT2D eigenvalue weighted by Gasteiger charge is -2.21. The van der Waals surface area contributed by atoms with Crippen molar-refractivity contribution in [3.63, 3.8) is 0 Å². The normalized spacial score (nSPS) is 22.1. The number of carbonyl (C=O) groups is 2. The Morgan fingerprint density at radius 1 is 1.35 bits per heavy atom. The Hall–Kier alpha value is -1.95. The number of aromatic nitrogens is 1. The lowest BCUT2D eigenvalue weighted by molar-refractivity contribution is -0.171. The van der Waals surface area contributed by atoms with E-state index >= 15 is 0 Å². The zero-order valence-corrected chi connectivity index (χ0v) is 8.80. The molecule has 0 aromatic carbocycles. The summed E-state index contributed by atoms with van der Waals surface area (Å²) in [5.41, 5.74) is 0.335. The molecule has 6 nitrogen and oxygen atoms in total. The summed E-state index contributed by atoms with van der Waals surface area (Å²) in [6, 6.07) is 1.51. The summed E-state index contributed by atoms with van der Waals surface area (Å²) in [5.74, 6) is -0.710. The summed E-state index contributed by atoms with van der Waals surface area (Å²) < 4.78 is 5.92.